The second-order valence-corrected chi connectivity index (χ2v) is 6.98. The van der Waals surface area contributed by atoms with Gasteiger partial charge in [-0.1, -0.05) is 6.07 Å². The van der Waals surface area contributed by atoms with Gasteiger partial charge in [0.1, 0.15) is 5.75 Å². The molecule has 5 nitrogen and oxygen atoms in total. The summed E-state index contributed by atoms with van der Waals surface area (Å²) in [5.41, 5.74) is 6.77. The van der Waals surface area contributed by atoms with E-state index in [4.69, 9.17) is 10.5 Å². The second kappa shape index (κ2) is 7.24. The Balaban J connectivity index is 1.92. The van der Waals surface area contributed by atoms with Gasteiger partial charge in [0.05, 0.1) is 27.8 Å². The molecule has 0 radical (unpaired) electrons. The highest BCUT2D eigenvalue weighted by Crippen LogP contribution is 2.26. The van der Waals surface area contributed by atoms with Crippen molar-refractivity contribution in [2.45, 2.75) is 10.6 Å². The number of benzene rings is 1. The Morgan fingerprint density at radius 2 is 2.24 bits per heavy atom. The predicted octanol–water partition coefficient (Wildman–Crippen LogP) is 2.48. The summed E-state index contributed by atoms with van der Waals surface area (Å²) in [6.07, 6.45) is 0.179. The van der Waals surface area contributed by atoms with Crippen LogP contribution in [0.2, 0.25) is 0 Å². The summed E-state index contributed by atoms with van der Waals surface area (Å²) in [4.78, 5) is 11.9. The van der Waals surface area contributed by atoms with E-state index in [1.165, 1.54) is 18.4 Å². The van der Waals surface area contributed by atoms with Crippen molar-refractivity contribution in [1.29, 1.82) is 0 Å². The summed E-state index contributed by atoms with van der Waals surface area (Å²) in [5.74, 6) is 0.592. The minimum absolute atomic E-state index is 0.179. The maximum atomic E-state index is 11.9. The molecule has 2 rings (SSSR count). The third-order valence-corrected chi connectivity index (χ3v) is 5.40. The number of ether oxygens (including phenoxy) is 1. The van der Waals surface area contributed by atoms with E-state index in [-0.39, 0.29) is 12.3 Å². The molecular weight excluding hydrogens is 308 g/mol. The fourth-order valence-electron chi connectivity index (χ4n) is 1.70. The largest absolute Gasteiger partial charge is 0.494 e. The minimum Gasteiger partial charge on any atom is -0.494 e. The molecule has 21 heavy (non-hydrogen) atoms. The Kier molecular flexibility index (Phi) is 5.35. The van der Waals surface area contributed by atoms with Crippen LogP contribution in [0.15, 0.2) is 39.9 Å². The third kappa shape index (κ3) is 4.30. The van der Waals surface area contributed by atoms with Crippen LogP contribution in [0.4, 0.5) is 11.4 Å². The Hall–Kier alpha value is -1.86. The molecule has 0 aliphatic heterocycles. The van der Waals surface area contributed by atoms with E-state index >= 15 is 0 Å². The maximum Gasteiger partial charge on any atom is 0.225 e. The van der Waals surface area contributed by atoms with Gasteiger partial charge in [0, 0.05) is 23.9 Å². The molecule has 1 atom stereocenters. The van der Waals surface area contributed by atoms with Crippen LogP contribution in [0.5, 0.6) is 5.75 Å². The summed E-state index contributed by atoms with van der Waals surface area (Å²) in [5, 5.41) is 4.61. The first-order valence-corrected chi connectivity index (χ1v) is 8.45. The lowest BCUT2D eigenvalue weighted by Crippen LogP contribution is -2.15. The molecule has 7 heteroatoms. The highest BCUT2D eigenvalue weighted by Gasteiger charge is 2.11. The molecule has 1 unspecified atom stereocenters. The molecule has 0 aliphatic carbocycles. The quantitative estimate of drug-likeness (QED) is 0.800. The van der Waals surface area contributed by atoms with Crippen molar-refractivity contribution in [2.75, 3.05) is 23.9 Å². The van der Waals surface area contributed by atoms with Gasteiger partial charge in [-0.15, -0.1) is 11.3 Å². The van der Waals surface area contributed by atoms with E-state index in [0.717, 1.165) is 4.21 Å². The van der Waals surface area contributed by atoms with Crippen LogP contribution in [0, 0.1) is 0 Å². The molecular formula is C14H16N2O3S2. The number of carbonyl (C=O) groups excluding carboxylic acids is 1. The molecule has 0 fully saturated rings. The molecule has 1 aromatic carbocycles. The summed E-state index contributed by atoms with van der Waals surface area (Å²) < 4.78 is 17.9. The van der Waals surface area contributed by atoms with Gasteiger partial charge >= 0.3 is 0 Å². The van der Waals surface area contributed by atoms with Crippen LogP contribution < -0.4 is 15.8 Å². The number of methoxy groups -OCH3 is 1. The van der Waals surface area contributed by atoms with Gasteiger partial charge in [0.2, 0.25) is 5.91 Å². The molecule has 1 amide bonds. The number of thiophene rings is 1. The molecule has 3 N–H and O–H groups in total. The molecule has 2 aromatic rings. The zero-order valence-corrected chi connectivity index (χ0v) is 13.1. The zero-order valence-electron chi connectivity index (χ0n) is 11.5. The van der Waals surface area contributed by atoms with E-state index in [0.29, 0.717) is 22.9 Å². The van der Waals surface area contributed by atoms with E-state index in [2.05, 4.69) is 5.32 Å². The Morgan fingerprint density at radius 3 is 2.90 bits per heavy atom. The molecule has 1 heterocycles. The second-order valence-electron chi connectivity index (χ2n) is 4.24. The number of carbonyl (C=O) groups is 1. The van der Waals surface area contributed by atoms with Crippen LogP contribution in [0.1, 0.15) is 6.42 Å². The van der Waals surface area contributed by atoms with Gasteiger partial charge in [-0.05, 0) is 23.6 Å². The van der Waals surface area contributed by atoms with Gasteiger partial charge in [0.25, 0.3) is 0 Å². The Morgan fingerprint density at radius 1 is 1.43 bits per heavy atom. The molecule has 0 aliphatic rings. The Bertz CT molecular complexity index is 642. The number of nitrogen functional groups attached to an aromatic ring is 1. The van der Waals surface area contributed by atoms with Crippen molar-refractivity contribution in [3.05, 3.63) is 35.7 Å². The standard InChI is InChI=1S/C14H16N2O3S2/c1-19-12-9-10(15)4-5-11(12)16-13(17)6-8-21(18)14-3-2-7-20-14/h2-5,7,9H,6,8,15H2,1H3,(H,16,17). The SMILES string of the molecule is COc1cc(N)ccc1NC(=O)CCS(=O)c1cccs1. The molecule has 0 saturated heterocycles. The molecule has 1 aromatic heterocycles. The van der Waals surface area contributed by atoms with Crippen molar-refractivity contribution < 1.29 is 13.7 Å². The number of amides is 1. The van der Waals surface area contributed by atoms with Crippen LogP contribution in [0.25, 0.3) is 0 Å². The smallest absolute Gasteiger partial charge is 0.225 e. The topological polar surface area (TPSA) is 81.4 Å². The fraction of sp³-hybridized carbons (Fsp3) is 0.214. The fourth-order valence-corrected chi connectivity index (χ4v) is 3.80. The van der Waals surface area contributed by atoms with E-state index < -0.39 is 10.8 Å². The van der Waals surface area contributed by atoms with Crippen LogP contribution >= 0.6 is 11.3 Å². The predicted molar refractivity (Wildman–Crippen MR) is 86.2 cm³/mol. The number of nitrogens with one attached hydrogen (secondary N) is 1. The zero-order chi connectivity index (χ0) is 15.2. The highest BCUT2D eigenvalue weighted by atomic mass is 32.2. The first-order valence-electron chi connectivity index (χ1n) is 6.25. The highest BCUT2D eigenvalue weighted by molar-refractivity contribution is 7.87. The maximum absolute atomic E-state index is 11.9. The van der Waals surface area contributed by atoms with Crippen molar-refractivity contribution in [3.8, 4) is 5.75 Å². The number of rotatable bonds is 6. The number of nitrogens with two attached hydrogens (primary N) is 1. The lowest BCUT2D eigenvalue weighted by molar-refractivity contribution is -0.115. The van der Waals surface area contributed by atoms with E-state index in [9.17, 15) is 9.00 Å². The summed E-state index contributed by atoms with van der Waals surface area (Å²) in [7, 11) is 0.375. The molecule has 112 valence electrons. The summed E-state index contributed by atoms with van der Waals surface area (Å²) in [6.45, 7) is 0. The van der Waals surface area contributed by atoms with Gasteiger partial charge in [-0.3, -0.25) is 9.00 Å². The van der Waals surface area contributed by atoms with Crippen LogP contribution in [0.3, 0.4) is 0 Å². The lowest BCUT2D eigenvalue weighted by atomic mass is 10.2. The minimum atomic E-state index is -1.14. The first kappa shape index (κ1) is 15.5. The summed E-state index contributed by atoms with van der Waals surface area (Å²) >= 11 is 1.43. The average Bonchev–Trinajstić information content (AvgIpc) is 3.01. The number of hydrogen-bond acceptors (Lipinski definition) is 5. The van der Waals surface area contributed by atoms with Crippen molar-refractivity contribution >= 4 is 39.4 Å². The third-order valence-electron chi connectivity index (χ3n) is 2.73. The van der Waals surface area contributed by atoms with E-state index in [1.54, 1.807) is 18.2 Å². The Labute approximate surface area is 129 Å². The van der Waals surface area contributed by atoms with Crippen LogP contribution in [-0.4, -0.2) is 23.0 Å². The number of hydrogen-bond donors (Lipinski definition) is 2. The summed E-state index contributed by atoms with van der Waals surface area (Å²) in [6, 6.07) is 8.66. The molecule has 0 bridgehead atoms. The van der Waals surface area contributed by atoms with Crippen molar-refractivity contribution in [1.82, 2.24) is 0 Å². The molecule has 0 saturated carbocycles. The lowest BCUT2D eigenvalue weighted by Gasteiger charge is -2.10. The first-order chi connectivity index (χ1) is 10.1. The van der Waals surface area contributed by atoms with Crippen molar-refractivity contribution in [2.24, 2.45) is 0 Å². The normalized spacial score (nSPS) is 11.9. The molecule has 0 spiro atoms. The van der Waals surface area contributed by atoms with Gasteiger partial charge < -0.3 is 15.8 Å². The van der Waals surface area contributed by atoms with Gasteiger partial charge in [-0.2, -0.15) is 0 Å². The average molecular weight is 324 g/mol. The monoisotopic (exact) mass is 324 g/mol. The van der Waals surface area contributed by atoms with Gasteiger partial charge in [0.15, 0.2) is 0 Å². The van der Waals surface area contributed by atoms with Crippen LogP contribution in [-0.2, 0) is 15.6 Å². The van der Waals surface area contributed by atoms with Crippen molar-refractivity contribution in [3.63, 3.8) is 0 Å². The number of anilines is 2. The van der Waals surface area contributed by atoms with Gasteiger partial charge in [-0.25, -0.2) is 0 Å². The van der Waals surface area contributed by atoms with E-state index in [1.807, 2.05) is 17.5 Å².